The maximum atomic E-state index is 12.2. The third-order valence-corrected chi connectivity index (χ3v) is 4.66. The van der Waals surface area contributed by atoms with E-state index in [0.717, 1.165) is 12.8 Å². The predicted molar refractivity (Wildman–Crippen MR) is 102 cm³/mol. The molecule has 0 saturated heterocycles. The molecule has 0 atom stereocenters. The molecule has 25 heavy (non-hydrogen) atoms. The lowest BCUT2D eigenvalue weighted by Crippen LogP contribution is -2.23. The van der Waals surface area contributed by atoms with Crippen molar-refractivity contribution in [2.24, 2.45) is 0 Å². The molecule has 1 aliphatic carbocycles. The van der Waals surface area contributed by atoms with Crippen molar-refractivity contribution in [3.8, 4) is 0 Å². The van der Waals surface area contributed by atoms with E-state index in [-0.39, 0.29) is 11.3 Å². The summed E-state index contributed by atoms with van der Waals surface area (Å²) in [6.45, 7) is 2.22. The normalized spacial score (nSPS) is 14.4. The second kappa shape index (κ2) is 9.97. The molecular formula is C22H28O3. The van der Waals surface area contributed by atoms with Crippen LogP contribution in [0.1, 0.15) is 80.6 Å². The van der Waals surface area contributed by atoms with Crippen LogP contribution < -0.4 is 0 Å². The third kappa shape index (κ3) is 5.15. The first-order valence-electron chi connectivity index (χ1n) is 9.42. The Labute approximate surface area is 150 Å². The Morgan fingerprint density at radius 3 is 2.20 bits per heavy atom. The van der Waals surface area contributed by atoms with Crippen molar-refractivity contribution in [3.63, 3.8) is 0 Å². The Hall–Kier alpha value is -2.16. The summed E-state index contributed by atoms with van der Waals surface area (Å²) in [6, 6.07) is 6.72. The van der Waals surface area contributed by atoms with E-state index in [1.54, 1.807) is 24.3 Å². The van der Waals surface area contributed by atoms with Crippen LogP contribution in [0.25, 0.3) is 5.76 Å². The summed E-state index contributed by atoms with van der Waals surface area (Å²) in [7, 11) is 0. The Balaban J connectivity index is 1.82. The van der Waals surface area contributed by atoms with Crippen LogP contribution in [0.15, 0.2) is 42.0 Å². The molecule has 0 spiro atoms. The Morgan fingerprint density at radius 2 is 1.48 bits per heavy atom. The first kappa shape index (κ1) is 19.2. The summed E-state index contributed by atoms with van der Waals surface area (Å²) >= 11 is 0. The first-order chi connectivity index (χ1) is 12.2. The average molecular weight is 340 g/mol. The highest BCUT2D eigenvalue weighted by molar-refractivity contribution is 6.52. The van der Waals surface area contributed by atoms with Gasteiger partial charge < -0.3 is 5.11 Å². The highest BCUT2D eigenvalue weighted by Crippen LogP contribution is 2.29. The number of fused-ring (bicyclic) bond motifs is 1. The maximum Gasteiger partial charge on any atom is 0.234 e. The van der Waals surface area contributed by atoms with Crippen LogP contribution in [0.2, 0.25) is 0 Å². The molecule has 0 heterocycles. The van der Waals surface area contributed by atoms with E-state index in [9.17, 15) is 14.7 Å². The topological polar surface area (TPSA) is 54.4 Å². The van der Waals surface area contributed by atoms with E-state index in [2.05, 4.69) is 6.92 Å². The summed E-state index contributed by atoms with van der Waals surface area (Å²) in [5.74, 6) is -1.17. The largest absolute Gasteiger partial charge is 0.507 e. The number of allylic oxidation sites excluding steroid dienone is 3. The van der Waals surface area contributed by atoms with Crippen molar-refractivity contribution in [2.75, 3.05) is 0 Å². The van der Waals surface area contributed by atoms with Gasteiger partial charge in [0.25, 0.3) is 0 Å². The van der Waals surface area contributed by atoms with Crippen molar-refractivity contribution < 1.29 is 14.7 Å². The number of unbranched alkanes of at least 4 members (excludes halogenated alkanes) is 7. The van der Waals surface area contributed by atoms with Crippen LogP contribution >= 0.6 is 0 Å². The molecule has 2 rings (SSSR count). The van der Waals surface area contributed by atoms with E-state index in [1.807, 2.05) is 12.2 Å². The zero-order valence-electron chi connectivity index (χ0n) is 15.1. The second-order valence-electron chi connectivity index (χ2n) is 6.62. The molecule has 0 unspecified atom stereocenters. The minimum absolute atomic E-state index is 0.0548. The SMILES string of the molecule is CCCCCCCCC/C=C/CC1=C(O)c2ccccc2C(=O)C1=O. The molecule has 1 aromatic carbocycles. The Kier molecular flexibility index (Phi) is 7.65. The third-order valence-electron chi connectivity index (χ3n) is 4.66. The van der Waals surface area contributed by atoms with Gasteiger partial charge in [-0.1, -0.05) is 81.9 Å². The Bertz CT molecular complexity index is 668. The standard InChI is InChI=1S/C22H28O3/c1-2-3-4-5-6-7-8-9-10-11-16-19-20(23)17-14-12-13-15-18(17)21(24)22(19)25/h10-15,23H,2-9,16H2,1H3/b11-10+. The lowest BCUT2D eigenvalue weighted by atomic mass is 9.87. The fraction of sp³-hybridized carbons (Fsp3) is 0.455. The van der Waals surface area contributed by atoms with Gasteiger partial charge in [0.1, 0.15) is 5.76 Å². The molecule has 0 aromatic heterocycles. The van der Waals surface area contributed by atoms with Gasteiger partial charge in [0, 0.05) is 16.7 Å². The van der Waals surface area contributed by atoms with Gasteiger partial charge in [0.2, 0.25) is 11.6 Å². The van der Waals surface area contributed by atoms with E-state index in [0.29, 0.717) is 17.5 Å². The molecule has 3 heteroatoms. The average Bonchev–Trinajstić information content (AvgIpc) is 2.64. The van der Waals surface area contributed by atoms with Crippen LogP contribution in [0.5, 0.6) is 0 Å². The van der Waals surface area contributed by atoms with Crippen molar-refractivity contribution in [3.05, 3.63) is 53.1 Å². The molecule has 0 bridgehead atoms. The van der Waals surface area contributed by atoms with Gasteiger partial charge >= 0.3 is 0 Å². The Morgan fingerprint density at radius 1 is 0.840 bits per heavy atom. The zero-order valence-corrected chi connectivity index (χ0v) is 15.1. The molecule has 0 radical (unpaired) electrons. The van der Waals surface area contributed by atoms with Crippen molar-refractivity contribution >= 4 is 17.3 Å². The minimum atomic E-state index is -0.586. The molecule has 0 saturated carbocycles. The number of Topliss-reactive ketones (excluding diaryl/α,β-unsaturated/α-hetero) is 2. The van der Waals surface area contributed by atoms with Crippen LogP contribution in [-0.4, -0.2) is 16.7 Å². The molecule has 0 amide bonds. The molecule has 0 fully saturated rings. The van der Waals surface area contributed by atoms with Gasteiger partial charge in [-0.25, -0.2) is 0 Å². The predicted octanol–water partition coefficient (Wildman–Crippen LogP) is 5.81. The fourth-order valence-electron chi connectivity index (χ4n) is 3.14. The van der Waals surface area contributed by atoms with Crippen LogP contribution in [0.3, 0.4) is 0 Å². The summed E-state index contributed by atoms with van der Waals surface area (Å²) < 4.78 is 0. The second-order valence-corrected chi connectivity index (χ2v) is 6.62. The molecule has 134 valence electrons. The van der Waals surface area contributed by atoms with Crippen molar-refractivity contribution in [2.45, 2.75) is 64.7 Å². The number of aliphatic hydroxyl groups is 1. The fourth-order valence-corrected chi connectivity index (χ4v) is 3.14. The molecule has 0 aliphatic heterocycles. The molecule has 1 aliphatic rings. The summed E-state index contributed by atoms with van der Waals surface area (Å²) in [4.78, 5) is 24.3. The lowest BCUT2D eigenvalue weighted by Gasteiger charge is -2.16. The van der Waals surface area contributed by atoms with Gasteiger partial charge in [-0.3, -0.25) is 9.59 Å². The van der Waals surface area contributed by atoms with Crippen LogP contribution in [0.4, 0.5) is 0 Å². The van der Waals surface area contributed by atoms with Crippen molar-refractivity contribution in [1.82, 2.24) is 0 Å². The van der Waals surface area contributed by atoms with Gasteiger partial charge in [-0.15, -0.1) is 0 Å². The number of carbonyl (C=O) groups excluding carboxylic acids is 2. The lowest BCUT2D eigenvalue weighted by molar-refractivity contribution is -0.112. The highest BCUT2D eigenvalue weighted by Gasteiger charge is 2.31. The summed E-state index contributed by atoms with van der Waals surface area (Å²) in [6.07, 6.45) is 14.1. The van der Waals surface area contributed by atoms with E-state index in [1.165, 1.54) is 38.5 Å². The zero-order chi connectivity index (χ0) is 18.1. The van der Waals surface area contributed by atoms with E-state index < -0.39 is 11.6 Å². The number of carbonyl (C=O) groups is 2. The molecule has 3 nitrogen and oxygen atoms in total. The summed E-state index contributed by atoms with van der Waals surface area (Å²) in [5.41, 5.74) is 0.961. The number of aliphatic hydroxyl groups excluding tert-OH is 1. The molecule has 1 N–H and O–H groups in total. The van der Waals surface area contributed by atoms with Crippen molar-refractivity contribution in [1.29, 1.82) is 0 Å². The quantitative estimate of drug-likeness (QED) is 0.332. The summed E-state index contributed by atoms with van der Waals surface area (Å²) in [5, 5.41) is 10.3. The minimum Gasteiger partial charge on any atom is -0.507 e. The van der Waals surface area contributed by atoms with E-state index in [4.69, 9.17) is 0 Å². The number of ketones is 2. The van der Waals surface area contributed by atoms with Gasteiger partial charge in [-0.2, -0.15) is 0 Å². The monoisotopic (exact) mass is 340 g/mol. The van der Waals surface area contributed by atoms with Crippen LogP contribution in [0, 0.1) is 0 Å². The number of rotatable bonds is 10. The van der Waals surface area contributed by atoms with Crippen LogP contribution in [-0.2, 0) is 4.79 Å². The van der Waals surface area contributed by atoms with Gasteiger partial charge in [0.05, 0.1) is 0 Å². The maximum absolute atomic E-state index is 12.2. The molecular weight excluding hydrogens is 312 g/mol. The smallest absolute Gasteiger partial charge is 0.234 e. The number of hydrogen-bond donors (Lipinski definition) is 1. The van der Waals surface area contributed by atoms with Gasteiger partial charge in [0.15, 0.2) is 0 Å². The van der Waals surface area contributed by atoms with Gasteiger partial charge in [-0.05, 0) is 19.3 Å². The van der Waals surface area contributed by atoms with E-state index >= 15 is 0 Å². The number of hydrogen-bond acceptors (Lipinski definition) is 3. The first-order valence-corrected chi connectivity index (χ1v) is 9.42. The number of benzene rings is 1. The highest BCUT2D eigenvalue weighted by atomic mass is 16.3. The molecule has 1 aromatic rings.